The maximum Gasteiger partial charge on any atom is 0.275 e. The second-order valence-corrected chi connectivity index (χ2v) is 3.80. The summed E-state index contributed by atoms with van der Waals surface area (Å²) in [4.78, 5) is 21.2. The van der Waals surface area contributed by atoms with E-state index in [1.807, 2.05) is 0 Å². The van der Waals surface area contributed by atoms with Crippen molar-refractivity contribution in [3.05, 3.63) is 46.0 Å². The first-order valence-corrected chi connectivity index (χ1v) is 5.39. The van der Waals surface area contributed by atoms with E-state index in [1.54, 1.807) is 31.4 Å². The predicted octanol–water partition coefficient (Wildman–Crippen LogP) is 1.90. The van der Waals surface area contributed by atoms with E-state index >= 15 is 0 Å². The van der Waals surface area contributed by atoms with Crippen molar-refractivity contribution in [2.75, 3.05) is 7.11 Å². The van der Waals surface area contributed by atoms with E-state index in [-0.39, 0.29) is 16.5 Å². The molecule has 0 atom stereocenters. The number of ether oxygens (including phenoxy) is 1. The van der Waals surface area contributed by atoms with Gasteiger partial charge in [0.2, 0.25) is 0 Å². The van der Waals surface area contributed by atoms with Gasteiger partial charge in [-0.2, -0.15) is 0 Å². The maximum atomic E-state index is 11.6. The van der Waals surface area contributed by atoms with Crippen LogP contribution in [0.4, 0.5) is 5.69 Å². The van der Waals surface area contributed by atoms with Crippen LogP contribution in [0.2, 0.25) is 0 Å². The summed E-state index contributed by atoms with van der Waals surface area (Å²) in [5.41, 5.74) is 0.301. The van der Waals surface area contributed by atoms with Gasteiger partial charge in [0.15, 0.2) is 0 Å². The number of hydrogen-bond donors (Lipinski definition) is 1. The van der Waals surface area contributed by atoms with E-state index in [1.165, 1.54) is 0 Å². The molecule has 0 aliphatic rings. The van der Waals surface area contributed by atoms with Crippen LogP contribution < -0.4 is 10.3 Å². The van der Waals surface area contributed by atoms with Gasteiger partial charge in [0, 0.05) is 0 Å². The normalized spacial score (nSPS) is 9.78. The molecular weight excluding hydrogens is 250 g/mol. The zero-order valence-corrected chi connectivity index (χ0v) is 10.2. The van der Waals surface area contributed by atoms with E-state index in [0.717, 1.165) is 0 Å². The molecule has 1 N–H and O–H groups in total. The van der Waals surface area contributed by atoms with Crippen LogP contribution in [0.3, 0.4) is 0 Å². The number of nitrogens with one attached hydrogen (secondary N) is 1. The van der Waals surface area contributed by atoms with Crippen molar-refractivity contribution in [2.45, 2.75) is 5.16 Å². The van der Waals surface area contributed by atoms with Crippen LogP contribution in [0.25, 0.3) is 16.1 Å². The third-order valence-electron chi connectivity index (χ3n) is 2.33. The van der Waals surface area contributed by atoms with Crippen LogP contribution in [-0.4, -0.2) is 17.1 Å². The molecule has 1 aromatic heterocycles. The van der Waals surface area contributed by atoms with Crippen LogP contribution in [0, 0.1) is 6.57 Å². The molecule has 90 valence electrons. The van der Waals surface area contributed by atoms with Gasteiger partial charge in [0.1, 0.15) is 5.75 Å². The number of aromatic amines is 1. The lowest BCUT2D eigenvalue weighted by atomic mass is 10.1. The topological polar surface area (TPSA) is 59.3 Å². The first-order chi connectivity index (χ1) is 8.65. The second kappa shape index (κ2) is 4.85. The molecule has 2 rings (SSSR count). The van der Waals surface area contributed by atoms with Gasteiger partial charge in [-0.1, -0.05) is 12.1 Å². The third-order valence-corrected chi connectivity index (χ3v) is 2.52. The summed E-state index contributed by atoms with van der Waals surface area (Å²) in [6.07, 6.45) is 0. The van der Waals surface area contributed by atoms with Gasteiger partial charge in [-0.15, -0.1) is 0 Å². The van der Waals surface area contributed by atoms with E-state index < -0.39 is 5.56 Å². The second-order valence-electron chi connectivity index (χ2n) is 3.41. The molecule has 0 saturated heterocycles. The van der Waals surface area contributed by atoms with E-state index in [2.05, 4.69) is 14.8 Å². The molecule has 1 aromatic carbocycles. The van der Waals surface area contributed by atoms with Gasteiger partial charge in [-0.05, 0) is 22.9 Å². The zero-order chi connectivity index (χ0) is 13.1. The van der Waals surface area contributed by atoms with Gasteiger partial charge < -0.3 is 22.3 Å². The monoisotopic (exact) mass is 258 g/mol. The minimum atomic E-state index is -0.525. The molecule has 0 radical (unpaired) electrons. The Morgan fingerprint density at radius 2 is 2.28 bits per heavy atom. The fourth-order valence-corrected chi connectivity index (χ4v) is 1.71. The van der Waals surface area contributed by atoms with Crippen LogP contribution in [0.5, 0.6) is 5.75 Å². The molecule has 0 aliphatic carbocycles. The smallest absolute Gasteiger partial charge is 0.275 e. The first kappa shape index (κ1) is 12.1. The summed E-state index contributed by atoms with van der Waals surface area (Å²) in [6, 6.07) is 6.97. The molecule has 1 heterocycles. The summed E-state index contributed by atoms with van der Waals surface area (Å²) in [7, 11) is 1.54. The average Bonchev–Trinajstić information content (AvgIpc) is 2.38. The minimum absolute atomic E-state index is 0.0604. The number of aromatic nitrogens is 2. The summed E-state index contributed by atoms with van der Waals surface area (Å²) >= 11 is 4.85. The predicted molar refractivity (Wildman–Crippen MR) is 68.7 cm³/mol. The lowest BCUT2D eigenvalue weighted by Crippen LogP contribution is -2.09. The molecule has 0 amide bonds. The van der Waals surface area contributed by atoms with Gasteiger partial charge in [0.05, 0.1) is 19.4 Å². The number of hydrogen-bond acceptors (Lipinski definition) is 4. The van der Waals surface area contributed by atoms with Gasteiger partial charge in [-0.3, -0.25) is 9.78 Å². The molecule has 5 nitrogen and oxygen atoms in total. The molecule has 0 saturated carbocycles. The Morgan fingerprint density at radius 3 is 2.94 bits per heavy atom. The van der Waals surface area contributed by atoms with Crippen LogP contribution in [0.15, 0.2) is 34.2 Å². The van der Waals surface area contributed by atoms with Crippen molar-refractivity contribution >= 4 is 18.3 Å². The number of nitrogens with zero attached hydrogens (tertiary/aromatic N) is 2. The fourth-order valence-electron chi connectivity index (χ4n) is 1.52. The average molecular weight is 258 g/mol. The summed E-state index contributed by atoms with van der Waals surface area (Å²) in [6.45, 7) is 7.04. The SMILES string of the molecule is [C-]#[N+]c1c(-c2cccc(OC)c2)nc([S-])[nH]c1=O. The summed E-state index contributed by atoms with van der Waals surface area (Å²) in [5.74, 6) is 0.622. The van der Waals surface area contributed by atoms with Crippen molar-refractivity contribution in [1.29, 1.82) is 0 Å². The number of H-pyrrole nitrogens is 1. The lowest BCUT2D eigenvalue weighted by Gasteiger charge is -2.10. The Kier molecular flexibility index (Phi) is 3.26. The Labute approximate surface area is 109 Å². The maximum absolute atomic E-state index is 11.6. The van der Waals surface area contributed by atoms with Crippen LogP contribution in [-0.2, 0) is 12.6 Å². The highest BCUT2D eigenvalue weighted by molar-refractivity contribution is 7.58. The highest BCUT2D eigenvalue weighted by Gasteiger charge is 2.11. The largest absolute Gasteiger partial charge is 0.742 e. The highest BCUT2D eigenvalue weighted by Crippen LogP contribution is 2.27. The fraction of sp³-hybridized carbons (Fsp3) is 0.0833. The lowest BCUT2D eigenvalue weighted by molar-refractivity contribution is 0.415. The number of benzene rings is 1. The summed E-state index contributed by atoms with van der Waals surface area (Å²) < 4.78 is 5.09. The van der Waals surface area contributed by atoms with Crippen LogP contribution in [0.1, 0.15) is 0 Å². The van der Waals surface area contributed by atoms with Crippen molar-refractivity contribution < 1.29 is 4.74 Å². The molecule has 18 heavy (non-hydrogen) atoms. The van der Waals surface area contributed by atoms with Gasteiger partial charge in [-0.25, -0.2) is 4.85 Å². The van der Waals surface area contributed by atoms with E-state index in [4.69, 9.17) is 23.9 Å². The molecule has 0 spiro atoms. The first-order valence-electron chi connectivity index (χ1n) is 4.99. The Bertz CT molecular complexity index is 688. The molecular formula is C12H8N3O2S-. The van der Waals surface area contributed by atoms with Gasteiger partial charge in [0.25, 0.3) is 11.2 Å². The Balaban J connectivity index is 2.70. The summed E-state index contributed by atoms with van der Waals surface area (Å²) in [5, 5.41) is 0.0604. The standard InChI is InChI=1S/C12H9N3O2S/c1-13-10-9(14-12(18)15-11(10)16)7-4-3-5-8(6-7)17-2/h3-6H,2H3,(H2,14,15,16,18)/p-1. The Morgan fingerprint density at radius 1 is 1.50 bits per heavy atom. The molecule has 0 bridgehead atoms. The third kappa shape index (κ3) is 2.17. The number of methoxy groups -OCH3 is 1. The number of rotatable bonds is 2. The molecule has 2 aromatic rings. The molecule has 6 heteroatoms. The Hall–Kier alpha value is -2.39. The van der Waals surface area contributed by atoms with Crippen molar-refractivity contribution in [3.8, 4) is 17.0 Å². The van der Waals surface area contributed by atoms with Gasteiger partial charge >= 0.3 is 0 Å². The zero-order valence-electron chi connectivity index (χ0n) is 9.43. The highest BCUT2D eigenvalue weighted by atomic mass is 32.1. The van der Waals surface area contributed by atoms with Crippen molar-refractivity contribution in [3.63, 3.8) is 0 Å². The van der Waals surface area contributed by atoms with E-state index in [9.17, 15) is 4.79 Å². The minimum Gasteiger partial charge on any atom is -0.742 e. The molecule has 0 fully saturated rings. The molecule has 0 aliphatic heterocycles. The van der Waals surface area contributed by atoms with Crippen molar-refractivity contribution in [1.82, 2.24) is 9.97 Å². The van der Waals surface area contributed by atoms with Crippen LogP contribution >= 0.6 is 0 Å². The quantitative estimate of drug-likeness (QED) is 0.508. The molecule has 0 unspecified atom stereocenters. The van der Waals surface area contributed by atoms with E-state index in [0.29, 0.717) is 11.3 Å². The van der Waals surface area contributed by atoms with Crippen molar-refractivity contribution in [2.24, 2.45) is 0 Å².